The third kappa shape index (κ3) is 4.73. The number of sulfonamides is 1. The molecule has 2 aromatic carbocycles. The van der Waals surface area contributed by atoms with Gasteiger partial charge in [-0.15, -0.1) is 0 Å². The van der Waals surface area contributed by atoms with Gasteiger partial charge in [-0.3, -0.25) is 9.10 Å². The van der Waals surface area contributed by atoms with E-state index in [2.05, 4.69) is 5.32 Å². The van der Waals surface area contributed by atoms with Crippen LogP contribution < -0.4 is 14.4 Å². The molecule has 0 bridgehead atoms. The number of rotatable bonds is 6. The summed E-state index contributed by atoms with van der Waals surface area (Å²) in [7, 11) is -2.03. The van der Waals surface area contributed by atoms with Crippen molar-refractivity contribution in [2.24, 2.45) is 0 Å². The number of hydrogen-bond donors (Lipinski definition) is 1. The molecule has 0 atom stereocenters. The molecule has 0 spiro atoms. The van der Waals surface area contributed by atoms with Crippen molar-refractivity contribution in [1.29, 1.82) is 0 Å². The van der Waals surface area contributed by atoms with Crippen molar-refractivity contribution in [3.63, 3.8) is 0 Å². The van der Waals surface area contributed by atoms with E-state index in [1.807, 2.05) is 13.0 Å². The van der Waals surface area contributed by atoms with Gasteiger partial charge in [0, 0.05) is 5.69 Å². The van der Waals surface area contributed by atoms with Crippen LogP contribution in [0.2, 0.25) is 0 Å². The molecule has 2 aromatic rings. The lowest BCUT2D eigenvalue weighted by atomic mass is 10.2. The van der Waals surface area contributed by atoms with Crippen LogP contribution >= 0.6 is 0 Å². The lowest BCUT2D eigenvalue weighted by Gasteiger charge is -2.22. The second kappa shape index (κ2) is 7.35. The summed E-state index contributed by atoms with van der Waals surface area (Å²) >= 11 is 0. The van der Waals surface area contributed by atoms with Gasteiger partial charge in [-0.1, -0.05) is 12.1 Å². The van der Waals surface area contributed by atoms with Crippen molar-refractivity contribution in [2.45, 2.75) is 6.92 Å². The summed E-state index contributed by atoms with van der Waals surface area (Å²) in [5, 5.41) is 2.68. The van der Waals surface area contributed by atoms with E-state index < -0.39 is 15.9 Å². The molecule has 0 heterocycles. The van der Waals surface area contributed by atoms with E-state index in [1.165, 1.54) is 0 Å². The minimum absolute atomic E-state index is 0.297. The zero-order valence-corrected chi connectivity index (χ0v) is 14.6. The molecule has 1 N–H and O–H groups in total. The fraction of sp³-hybridized carbons (Fsp3) is 0.235. The second-order valence-corrected chi connectivity index (χ2v) is 7.29. The first-order valence-corrected chi connectivity index (χ1v) is 9.13. The molecule has 0 unspecified atom stereocenters. The SMILES string of the molecule is COc1ccc(NC(=O)CN(c2cccc(C)c2)S(C)(=O)=O)cc1. The Morgan fingerprint density at radius 1 is 1.17 bits per heavy atom. The molecule has 0 aliphatic heterocycles. The van der Waals surface area contributed by atoms with Gasteiger partial charge in [0.25, 0.3) is 0 Å². The fourth-order valence-corrected chi connectivity index (χ4v) is 3.04. The number of nitrogens with zero attached hydrogens (tertiary/aromatic N) is 1. The molecule has 24 heavy (non-hydrogen) atoms. The number of hydrogen-bond acceptors (Lipinski definition) is 4. The number of amides is 1. The van der Waals surface area contributed by atoms with Gasteiger partial charge < -0.3 is 10.1 Å². The van der Waals surface area contributed by atoms with Gasteiger partial charge in [-0.2, -0.15) is 0 Å². The summed E-state index contributed by atoms with van der Waals surface area (Å²) in [5.41, 5.74) is 1.94. The van der Waals surface area contributed by atoms with Gasteiger partial charge >= 0.3 is 0 Å². The van der Waals surface area contributed by atoms with Gasteiger partial charge in [-0.25, -0.2) is 8.42 Å². The molecule has 0 saturated carbocycles. The second-order valence-electron chi connectivity index (χ2n) is 5.39. The molecule has 0 aliphatic rings. The number of ether oxygens (including phenoxy) is 1. The summed E-state index contributed by atoms with van der Waals surface area (Å²) in [6.45, 7) is 1.57. The number of nitrogens with one attached hydrogen (secondary N) is 1. The Morgan fingerprint density at radius 3 is 2.38 bits per heavy atom. The molecule has 1 amide bonds. The highest BCUT2D eigenvalue weighted by Crippen LogP contribution is 2.19. The number of methoxy groups -OCH3 is 1. The summed E-state index contributed by atoms with van der Waals surface area (Å²) in [6, 6.07) is 13.8. The Hall–Kier alpha value is -2.54. The maximum absolute atomic E-state index is 12.2. The minimum atomic E-state index is -3.58. The highest BCUT2D eigenvalue weighted by Gasteiger charge is 2.21. The molecule has 0 radical (unpaired) electrons. The zero-order valence-electron chi connectivity index (χ0n) is 13.8. The highest BCUT2D eigenvalue weighted by atomic mass is 32.2. The van der Waals surface area contributed by atoms with Gasteiger partial charge in [0.2, 0.25) is 15.9 Å². The van der Waals surface area contributed by atoms with Crippen molar-refractivity contribution in [2.75, 3.05) is 29.5 Å². The zero-order chi connectivity index (χ0) is 17.7. The van der Waals surface area contributed by atoms with E-state index in [4.69, 9.17) is 4.74 Å². The molecule has 0 fully saturated rings. The first-order valence-electron chi connectivity index (χ1n) is 7.28. The lowest BCUT2D eigenvalue weighted by Crippen LogP contribution is -2.37. The van der Waals surface area contributed by atoms with Crippen LogP contribution in [0, 0.1) is 6.92 Å². The highest BCUT2D eigenvalue weighted by molar-refractivity contribution is 7.92. The van der Waals surface area contributed by atoms with Crippen LogP contribution in [-0.2, 0) is 14.8 Å². The Balaban J connectivity index is 2.15. The van der Waals surface area contributed by atoms with Crippen LogP contribution in [-0.4, -0.2) is 34.2 Å². The number of carbonyl (C=O) groups excluding carboxylic acids is 1. The van der Waals surface area contributed by atoms with E-state index in [1.54, 1.807) is 49.6 Å². The van der Waals surface area contributed by atoms with Crippen molar-refractivity contribution in [1.82, 2.24) is 0 Å². The quantitative estimate of drug-likeness (QED) is 0.870. The maximum atomic E-state index is 12.2. The lowest BCUT2D eigenvalue weighted by molar-refractivity contribution is -0.114. The minimum Gasteiger partial charge on any atom is -0.497 e. The maximum Gasteiger partial charge on any atom is 0.245 e. The largest absolute Gasteiger partial charge is 0.497 e. The van der Waals surface area contributed by atoms with Crippen molar-refractivity contribution >= 4 is 27.3 Å². The summed E-state index contributed by atoms with van der Waals surface area (Å²) in [5.74, 6) is 0.248. The number of carbonyl (C=O) groups is 1. The van der Waals surface area contributed by atoms with Crippen molar-refractivity contribution in [3.05, 3.63) is 54.1 Å². The molecule has 2 rings (SSSR count). The molecule has 0 aliphatic carbocycles. The van der Waals surface area contributed by atoms with E-state index in [0.717, 1.165) is 16.1 Å². The molecule has 128 valence electrons. The fourth-order valence-electron chi connectivity index (χ4n) is 2.19. The molecule has 6 nitrogen and oxygen atoms in total. The molecule has 0 aromatic heterocycles. The Bertz CT molecular complexity index is 817. The van der Waals surface area contributed by atoms with E-state index in [9.17, 15) is 13.2 Å². The van der Waals surface area contributed by atoms with Gasteiger partial charge in [0.15, 0.2) is 0 Å². The Kier molecular flexibility index (Phi) is 5.46. The van der Waals surface area contributed by atoms with Gasteiger partial charge in [-0.05, 0) is 48.9 Å². The van der Waals surface area contributed by atoms with Crippen LogP contribution in [0.25, 0.3) is 0 Å². The standard InChI is InChI=1S/C17H20N2O4S/c1-13-5-4-6-15(11-13)19(24(3,21)22)12-17(20)18-14-7-9-16(23-2)10-8-14/h4-11H,12H2,1-3H3,(H,18,20). The Labute approximate surface area is 142 Å². The van der Waals surface area contributed by atoms with E-state index >= 15 is 0 Å². The van der Waals surface area contributed by atoms with Crippen LogP contribution in [0.5, 0.6) is 5.75 Å². The predicted molar refractivity (Wildman–Crippen MR) is 95.0 cm³/mol. The third-order valence-electron chi connectivity index (χ3n) is 3.35. The Morgan fingerprint density at radius 2 is 1.83 bits per heavy atom. The smallest absolute Gasteiger partial charge is 0.245 e. The average molecular weight is 348 g/mol. The molecular formula is C17H20N2O4S. The van der Waals surface area contributed by atoms with E-state index in [0.29, 0.717) is 17.1 Å². The first-order chi connectivity index (χ1) is 11.3. The van der Waals surface area contributed by atoms with Crippen LogP contribution in [0.1, 0.15) is 5.56 Å². The number of benzene rings is 2. The third-order valence-corrected chi connectivity index (χ3v) is 4.49. The predicted octanol–water partition coefficient (Wildman–Crippen LogP) is 2.41. The number of aryl methyl sites for hydroxylation is 1. The van der Waals surface area contributed by atoms with Gasteiger partial charge in [0.05, 0.1) is 19.1 Å². The molecule has 0 saturated heterocycles. The molecule has 7 heteroatoms. The van der Waals surface area contributed by atoms with Crippen molar-refractivity contribution in [3.8, 4) is 5.75 Å². The summed E-state index contributed by atoms with van der Waals surface area (Å²) in [4.78, 5) is 12.2. The summed E-state index contributed by atoms with van der Waals surface area (Å²) < 4.78 is 30.2. The first kappa shape index (κ1) is 17.8. The number of anilines is 2. The summed E-state index contributed by atoms with van der Waals surface area (Å²) in [6.07, 6.45) is 1.08. The van der Waals surface area contributed by atoms with Crippen LogP contribution in [0.3, 0.4) is 0 Å². The van der Waals surface area contributed by atoms with Crippen LogP contribution in [0.4, 0.5) is 11.4 Å². The van der Waals surface area contributed by atoms with Crippen molar-refractivity contribution < 1.29 is 17.9 Å². The average Bonchev–Trinajstić information content (AvgIpc) is 2.52. The van der Waals surface area contributed by atoms with E-state index in [-0.39, 0.29) is 6.54 Å². The van der Waals surface area contributed by atoms with Crippen LogP contribution in [0.15, 0.2) is 48.5 Å². The monoisotopic (exact) mass is 348 g/mol. The molecular weight excluding hydrogens is 328 g/mol. The van der Waals surface area contributed by atoms with Gasteiger partial charge in [0.1, 0.15) is 12.3 Å². The topological polar surface area (TPSA) is 75.7 Å². The normalized spacial score (nSPS) is 11.0.